The molecule has 0 heterocycles. The lowest BCUT2D eigenvalue weighted by Crippen LogP contribution is -3.07. The topological polar surface area (TPSA) is 53.9 Å². The molecule has 0 radical (unpaired) electrons. The Bertz CT molecular complexity index is 888. The Morgan fingerprint density at radius 2 is 1.52 bits per heavy atom. The molecule has 2 aromatic rings. The second-order valence-corrected chi connectivity index (χ2v) is 9.41. The first-order valence-corrected chi connectivity index (χ1v) is 10.7. The average molecular weight is 391 g/mol. The first-order valence-electron chi connectivity index (χ1n) is 9.17. The molecule has 0 saturated carbocycles. The first-order chi connectivity index (χ1) is 12.5. The average Bonchev–Trinajstić information content (AvgIpc) is 2.58. The van der Waals surface area contributed by atoms with Crippen molar-refractivity contribution in [3.8, 4) is 0 Å². The smallest absolute Gasteiger partial charge is 0.241 e. The van der Waals surface area contributed by atoms with Gasteiger partial charge in [0.2, 0.25) is 10.0 Å². The number of hydrogen-bond acceptors (Lipinski definition) is 3. The fourth-order valence-electron chi connectivity index (χ4n) is 3.15. The van der Waals surface area contributed by atoms with Crippen LogP contribution in [0.15, 0.2) is 41.3 Å². The van der Waals surface area contributed by atoms with Gasteiger partial charge in [0.15, 0.2) is 0 Å². The Hall–Kier alpha value is -1.89. The Labute approximate surface area is 164 Å². The summed E-state index contributed by atoms with van der Waals surface area (Å²) in [6, 6.07) is 12.0. The van der Waals surface area contributed by atoms with Crippen LogP contribution >= 0.6 is 0 Å². The van der Waals surface area contributed by atoms with Crippen LogP contribution in [0.2, 0.25) is 0 Å². The second-order valence-electron chi connectivity index (χ2n) is 7.67. The number of benzene rings is 2. The van der Waals surface area contributed by atoms with Crippen molar-refractivity contribution < 1.29 is 13.3 Å². The molecule has 0 aromatic heterocycles. The third-order valence-corrected chi connectivity index (χ3v) is 6.63. The van der Waals surface area contributed by atoms with E-state index in [2.05, 4.69) is 29.0 Å². The zero-order valence-corrected chi connectivity index (χ0v) is 18.2. The molecule has 2 aromatic carbocycles. The van der Waals surface area contributed by atoms with Crippen LogP contribution in [0.25, 0.3) is 0 Å². The third kappa shape index (κ3) is 5.09. The highest BCUT2D eigenvalue weighted by molar-refractivity contribution is 7.89. The number of quaternary nitrogens is 1. The minimum absolute atomic E-state index is 0.0304. The Morgan fingerprint density at radius 3 is 2.04 bits per heavy atom. The van der Waals surface area contributed by atoms with Crippen molar-refractivity contribution in [1.82, 2.24) is 4.72 Å². The molecule has 2 N–H and O–H groups in total. The van der Waals surface area contributed by atoms with Gasteiger partial charge >= 0.3 is 0 Å². The highest BCUT2D eigenvalue weighted by Gasteiger charge is 2.23. The molecular weight excluding hydrogens is 358 g/mol. The molecule has 1 atom stereocenters. The molecule has 0 aliphatic carbocycles. The van der Waals surface area contributed by atoms with Crippen LogP contribution in [0.5, 0.6) is 0 Å². The summed E-state index contributed by atoms with van der Waals surface area (Å²) in [6.07, 6.45) is 0. The summed E-state index contributed by atoms with van der Waals surface area (Å²) in [6.45, 7) is 6.12. The molecule has 5 nitrogen and oxygen atoms in total. The molecule has 0 bridgehead atoms. The standard InChI is InChI=1S/C21H31N3O2S/c1-15-12-17(3)21(13-16(15)2)27(25,26)22-14-20(24(6)7)18-8-10-19(11-9-18)23(4)5/h8-13,20,22H,14H2,1-7H3/p+1/t20-/m0/s1. The first kappa shape index (κ1) is 21.4. The van der Waals surface area contributed by atoms with Crippen molar-refractivity contribution in [3.63, 3.8) is 0 Å². The van der Waals surface area contributed by atoms with Crippen molar-refractivity contribution >= 4 is 15.7 Å². The molecule has 148 valence electrons. The summed E-state index contributed by atoms with van der Waals surface area (Å²) in [4.78, 5) is 3.58. The number of likely N-dealkylation sites (N-methyl/N-ethyl adjacent to an activating group) is 1. The monoisotopic (exact) mass is 390 g/mol. The van der Waals surface area contributed by atoms with E-state index in [0.29, 0.717) is 11.4 Å². The van der Waals surface area contributed by atoms with Crippen molar-refractivity contribution in [2.24, 2.45) is 0 Å². The van der Waals surface area contributed by atoms with Crippen molar-refractivity contribution in [2.75, 3.05) is 39.6 Å². The van der Waals surface area contributed by atoms with E-state index in [9.17, 15) is 8.42 Å². The van der Waals surface area contributed by atoms with E-state index in [1.807, 2.05) is 59.9 Å². The van der Waals surface area contributed by atoms with E-state index in [1.54, 1.807) is 6.07 Å². The van der Waals surface area contributed by atoms with Gasteiger partial charge in [-0.2, -0.15) is 0 Å². The number of sulfonamides is 1. The molecule has 0 amide bonds. The van der Waals surface area contributed by atoms with Crippen LogP contribution in [0.1, 0.15) is 28.3 Å². The van der Waals surface area contributed by atoms with Crippen LogP contribution in [0.3, 0.4) is 0 Å². The largest absolute Gasteiger partial charge is 0.378 e. The number of nitrogens with one attached hydrogen (secondary N) is 2. The lowest BCUT2D eigenvalue weighted by molar-refractivity contribution is -0.890. The molecule has 0 aliphatic rings. The number of hydrogen-bond donors (Lipinski definition) is 2. The maximum Gasteiger partial charge on any atom is 0.241 e. The molecule has 0 fully saturated rings. The van der Waals surface area contributed by atoms with Gasteiger partial charge < -0.3 is 9.80 Å². The normalized spacial score (nSPS) is 13.0. The van der Waals surface area contributed by atoms with Crippen molar-refractivity contribution in [1.29, 1.82) is 0 Å². The van der Waals surface area contributed by atoms with E-state index in [4.69, 9.17) is 0 Å². The molecule has 0 unspecified atom stereocenters. The highest BCUT2D eigenvalue weighted by Crippen LogP contribution is 2.21. The van der Waals surface area contributed by atoms with Crippen LogP contribution < -0.4 is 14.5 Å². The van der Waals surface area contributed by atoms with Gasteiger partial charge in [0.25, 0.3) is 0 Å². The Balaban J connectivity index is 2.24. The van der Waals surface area contributed by atoms with E-state index in [-0.39, 0.29) is 6.04 Å². The highest BCUT2D eigenvalue weighted by atomic mass is 32.2. The van der Waals surface area contributed by atoms with E-state index < -0.39 is 10.0 Å². The van der Waals surface area contributed by atoms with Gasteiger partial charge in [0.1, 0.15) is 6.04 Å². The minimum Gasteiger partial charge on any atom is -0.378 e. The Morgan fingerprint density at radius 1 is 0.963 bits per heavy atom. The quantitative estimate of drug-likeness (QED) is 0.759. The maximum atomic E-state index is 12.9. The van der Waals surface area contributed by atoms with Gasteiger partial charge in [-0.1, -0.05) is 18.2 Å². The fraction of sp³-hybridized carbons (Fsp3) is 0.429. The van der Waals surface area contributed by atoms with E-state index in [0.717, 1.165) is 27.9 Å². The van der Waals surface area contributed by atoms with Crippen LogP contribution in [-0.4, -0.2) is 43.2 Å². The summed E-state index contributed by atoms with van der Waals surface area (Å²) in [7, 11) is 4.53. The molecular formula is C21H32N3O2S+. The van der Waals surface area contributed by atoms with E-state index >= 15 is 0 Å². The maximum absolute atomic E-state index is 12.9. The summed E-state index contributed by atoms with van der Waals surface area (Å²) in [5.74, 6) is 0. The lowest BCUT2D eigenvalue weighted by atomic mass is 10.1. The zero-order valence-electron chi connectivity index (χ0n) is 17.4. The minimum atomic E-state index is -3.56. The summed E-state index contributed by atoms with van der Waals surface area (Å²) in [5.41, 5.74) is 5.09. The predicted octanol–water partition coefficient (Wildman–Crippen LogP) is 1.84. The van der Waals surface area contributed by atoms with Gasteiger partial charge in [-0.3, -0.25) is 0 Å². The molecule has 27 heavy (non-hydrogen) atoms. The zero-order chi connectivity index (χ0) is 20.4. The SMILES string of the molecule is Cc1cc(C)c(S(=O)(=O)NC[C@@H](c2ccc(N(C)C)cc2)[NH+](C)C)cc1C. The van der Waals surface area contributed by atoms with Gasteiger partial charge in [-0.05, 0) is 55.7 Å². The Kier molecular flexibility index (Phi) is 6.68. The second kappa shape index (κ2) is 8.42. The van der Waals surface area contributed by atoms with Crippen molar-refractivity contribution in [3.05, 3.63) is 58.7 Å². The van der Waals surface area contributed by atoms with Crippen LogP contribution in [0.4, 0.5) is 5.69 Å². The summed E-state index contributed by atoms with van der Waals surface area (Å²) >= 11 is 0. The molecule has 0 spiro atoms. The number of anilines is 1. The van der Waals surface area contributed by atoms with Crippen molar-refractivity contribution in [2.45, 2.75) is 31.7 Å². The van der Waals surface area contributed by atoms with Crippen LogP contribution in [-0.2, 0) is 10.0 Å². The van der Waals surface area contributed by atoms with Gasteiger partial charge in [0.05, 0.1) is 25.5 Å². The third-order valence-electron chi connectivity index (χ3n) is 5.07. The molecule has 2 rings (SSSR count). The lowest BCUT2D eigenvalue weighted by Gasteiger charge is -2.23. The van der Waals surface area contributed by atoms with Gasteiger partial charge in [0, 0.05) is 25.3 Å². The number of nitrogens with zero attached hydrogens (tertiary/aromatic N) is 1. The predicted molar refractivity (Wildman–Crippen MR) is 112 cm³/mol. The molecule has 6 heteroatoms. The molecule has 0 aliphatic heterocycles. The fourth-order valence-corrected chi connectivity index (χ4v) is 4.51. The van der Waals surface area contributed by atoms with Gasteiger partial charge in [-0.25, -0.2) is 13.1 Å². The van der Waals surface area contributed by atoms with Crippen LogP contribution in [0, 0.1) is 20.8 Å². The summed E-state index contributed by atoms with van der Waals surface area (Å²) in [5, 5.41) is 0. The number of aryl methyl sites for hydroxylation is 3. The van der Waals surface area contributed by atoms with E-state index in [1.165, 1.54) is 4.90 Å². The summed E-state index contributed by atoms with van der Waals surface area (Å²) < 4.78 is 28.6. The number of rotatable bonds is 7. The van der Waals surface area contributed by atoms with Gasteiger partial charge in [-0.15, -0.1) is 0 Å². The molecule has 0 saturated heterocycles.